The Morgan fingerprint density at radius 2 is 1.97 bits per heavy atom. The topological polar surface area (TPSA) is 159 Å². The molecule has 2 saturated heterocycles. The van der Waals surface area contributed by atoms with Crippen LogP contribution in [0.4, 0.5) is 5.69 Å². The predicted molar refractivity (Wildman–Crippen MR) is 127 cm³/mol. The molecule has 2 aliphatic heterocycles. The predicted octanol–water partition coefficient (Wildman–Crippen LogP) is -0.535. The number of methoxy groups -OCH3 is 1. The smallest absolute Gasteiger partial charge is 0.354 e. The standard InChI is InChI=1S/C25H28N4O8/c1-14-18(15(2)26-20(14)25(33)36-3)22(30)19-21(16-5-4-6-17(13-16)29(34)35)28(24(32)23(19)31)8-7-27-9-11-37-12-10-27/h4-6,13,21,26,30H,7-12H2,1-3H3. The number of rotatable bonds is 7. The molecule has 2 aliphatic rings. The van der Waals surface area contributed by atoms with Crippen molar-refractivity contribution in [1.82, 2.24) is 9.88 Å². The Balaban J connectivity index is 1.84. The Kier molecular flexibility index (Phi) is 7.41. The van der Waals surface area contributed by atoms with Gasteiger partial charge in [-0.15, -0.1) is 0 Å². The summed E-state index contributed by atoms with van der Waals surface area (Å²) in [6.07, 6.45) is 0. The number of Topliss-reactive ketones (excluding diaryl/α,β-unsaturated/α-hetero) is 1. The number of esters is 1. The second kappa shape index (κ2) is 10.5. The van der Waals surface area contributed by atoms with Crippen molar-refractivity contribution in [1.29, 1.82) is 0 Å². The summed E-state index contributed by atoms with van der Waals surface area (Å²) < 4.78 is 10.1. The van der Waals surface area contributed by atoms with Crippen LogP contribution in [-0.4, -0.2) is 79.0 Å². The molecule has 1 atom stereocenters. The van der Waals surface area contributed by atoms with Crippen molar-refractivity contribution in [2.24, 2.45) is 0 Å². The van der Waals surface area contributed by atoms with Crippen LogP contribution in [0.15, 0.2) is 29.8 Å². The molecule has 2 fully saturated rings. The first-order valence-corrected chi connectivity index (χ1v) is 11.9. The second-order valence-corrected chi connectivity index (χ2v) is 9.05. The number of benzene rings is 1. The third-order valence-electron chi connectivity index (χ3n) is 6.89. The number of non-ortho nitro benzene ring substituents is 1. The molecule has 37 heavy (non-hydrogen) atoms. The number of ketones is 1. The number of hydrogen-bond donors (Lipinski definition) is 2. The number of hydrogen-bond acceptors (Lipinski definition) is 8. The van der Waals surface area contributed by atoms with E-state index in [-0.39, 0.29) is 40.2 Å². The number of amides is 1. The average Bonchev–Trinajstić information content (AvgIpc) is 3.34. The van der Waals surface area contributed by atoms with Crippen molar-refractivity contribution in [2.75, 3.05) is 46.5 Å². The number of nitro groups is 1. The van der Waals surface area contributed by atoms with Gasteiger partial charge < -0.3 is 29.4 Å². The van der Waals surface area contributed by atoms with Crippen LogP contribution in [0.3, 0.4) is 0 Å². The summed E-state index contributed by atoms with van der Waals surface area (Å²) in [7, 11) is 1.21. The lowest BCUT2D eigenvalue weighted by molar-refractivity contribution is -0.907. The number of likely N-dealkylation sites (tertiary alicyclic amines) is 1. The molecule has 2 aromatic rings. The third kappa shape index (κ3) is 4.85. The highest BCUT2D eigenvalue weighted by atomic mass is 16.6. The van der Waals surface area contributed by atoms with E-state index in [1.807, 2.05) is 0 Å². The quantitative estimate of drug-likeness (QED) is 0.125. The van der Waals surface area contributed by atoms with Crippen molar-refractivity contribution in [2.45, 2.75) is 19.9 Å². The molecular weight excluding hydrogens is 484 g/mol. The normalized spacial score (nSPS) is 19.9. The van der Waals surface area contributed by atoms with E-state index in [2.05, 4.69) is 4.98 Å². The van der Waals surface area contributed by atoms with Crippen LogP contribution in [0.1, 0.15) is 38.9 Å². The molecule has 0 spiro atoms. The maximum absolute atomic E-state index is 13.9. The number of aromatic amines is 1. The lowest BCUT2D eigenvalue weighted by atomic mass is 9.93. The van der Waals surface area contributed by atoms with Crippen molar-refractivity contribution in [3.63, 3.8) is 0 Å². The number of nitrogens with zero attached hydrogens (tertiary/aromatic N) is 2. The van der Waals surface area contributed by atoms with Gasteiger partial charge in [-0.25, -0.2) is 4.79 Å². The average molecular weight is 513 g/mol. The molecule has 1 aromatic carbocycles. The lowest BCUT2D eigenvalue weighted by Gasteiger charge is -2.30. The van der Waals surface area contributed by atoms with E-state index in [4.69, 9.17) is 9.47 Å². The largest absolute Gasteiger partial charge is 0.872 e. The van der Waals surface area contributed by atoms with E-state index in [1.54, 1.807) is 19.9 Å². The van der Waals surface area contributed by atoms with Crippen molar-refractivity contribution in [3.05, 3.63) is 68.0 Å². The summed E-state index contributed by atoms with van der Waals surface area (Å²) in [5.41, 5.74) is 0.544. The Labute approximate surface area is 212 Å². The highest BCUT2D eigenvalue weighted by molar-refractivity contribution is 6.46. The van der Waals surface area contributed by atoms with Crippen molar-refractivity contribution in [3.8, 4) is 0 Å². The van der Waals surface area contributed by atoms with Crippen LogP contribution in [0.25, 0.3) is 5.76 Å². The molecular formula is C25H28N4O8. The van der Waals surface area contributed by atoms with Crippen molar-refractivity contribution >= 4 is 29.1 Å². The Bertz CT molecular complexity index is 1290. The first-order chi connectivity index (χ1) is 17.6. The molecule has 0 aliphatic carbocycles. The monoisotopic (exact) mass is 512 g/mol. The number of nitro benzene ring substituents is 1. The van der Waals surface area contributed by atoms with Gasteiger partial charge in [0, 0.05) is 23.4 Å². The highest BCUT2D eigenvalue weighted by Gasteiger charge is 2.45. The van der Waals surface area contributed by atoms with Gasteiger partial charge in [0.2, 0.25) is 5.78 Å². The first kappa shape index (κ1) is 26.0. The van der Waals surface area contributed by atoms with Crippen LogP contribution in [-0.2, 0) is 19.1 Å². The number of morpholine rings is 1. The van der Waals surface area contributed by atoms with E-state index in [9.17, 15) is 29.6 Å². The van der Waals surface area contributed by atoms with E-state index >= 15 is 0 Å². The molecule has 12 heteroatoms. The van der Waals surface area contributed by atoms with Crippen LogP contribution in [0.2, 0.25) is 0 Å². The fraction of sp³-hybridized carbons (Fsp3) is 0.400. The molecule has 12 nitrogen and oxygen atoms in total. The molecule has 0 radical (unpaired) electrons. The number of carbonyl (C=O) groups excluding carboxylic acids is 3. The molecule has 3 heterocycles. The zero-order valence-electron chi connectivity index (χ0n) is 20.8. The molecule has 1 amide bonds. The van der Waals surface area contributed by atoms with Gasteiger partial charge in [0.25, 0.3) is 11.6 Å². The summed E-state index contributed by atoms with van der Waals surface area (Å²) in [6, 6.07) is 4.48. The Morgan fingerprint density at radius 3 is 2.62 bits per heavy atom. The third-order valence-corrected chi connectivity index (χ3v) is 6.89. The van der Waals surface area contributed by atoms with E-state index in [0.717, 1.165) is 13.1 Å². The van der Waals surface area contributed by atoms with Gasteiger partial charge in [-0.1, -0.05) is 17.9 Å². The lowest BCUT2D eigenvalue weighted by Crippen LogP contribution is -3.14. The van der Waals surface area contributed by atoms with Gasteiger partial charge in [-0.05, 0) is 30.5 Å². The van der Waals surface area contributed by atoms with Gasteiger partial charge in [0.15, 0.2) is 0 Å². The van der Waals surface area contributed by atoms with E-state index in [0.29, 0.717) is 25.5 Å². The van der Waals surface area contributed by atoms with Crippen LogP contribution < -0.4 is 10.0 Å². The van der Waals surface area contributed by atoms with Gasteiger partial charge in [-0.2, -0.15) is 0 Å². The number of H-pyrrole nitrogens is 1. The maximum Gasteiger partial charge on any atom is 0.354 e. The second-order valence-electron chi connectivity index (χ2n) is 9.05. The first-order valence-electron chi connectivity index (χ1n) is 11.9. The van der Waals surface area contributed by atoms with Crippen LogP contribution in [0, 0.1) is 24.0 Å². The van der Waals surface area contributed by atoms with E-state index in [1.165, 1.54) is 35.1 Å². The number of quaternary nitrogens is 1. The van der Waals surface area contributed by atoms with Crippen LogP contribution >= 0.6 is 0 Å². The highest BCUT2D eigenvalue weighted by Crippen LogP contribution is 2.40. The molecule has 1 unspecified atom stereocenters. The van der Waals surface area contributed by atoms with Gasteiger partial charge in [0.05, 0.1) is 44.4 Å². The van der Waals surface area contributed by atoms with Gasteiger partial charge in [-0.3, -0.25) is 19.7 Å². The van der Waals surface area contributed by atoms with Gasteiger partial charge >= 0.3 is 5.97 Å². The number of carbonyl (C=O) groups is 3. The molecule has 4 rings (SSSR count). The summed E-state index contributed by atoms with van der Waals surface area (Å²) >= 11 is 0. The zero-order chi connectivity index (χ0) is 26.9. The SMILES string of the molecule is COC(=O)c1[nH]c(C)c(C([O-])=C2C(=O)C(=O)N(CC[NH+]3CCOCC3)C2c2cccc([N+](=O)[O-])c2)c1C. The number of aromatic nitrogens is 1. The van der Waals surface area contributed by atoms with Crippen molar-refractivity contribution < 1.29 is 38.8 Å². The summed E-state index contributed by atoms with van der Waals surface area (Å²) in [5, 5.41) is 25.3. The Hall–Kier alpha value is -4.03. The molecule has 0 saturated carbocycles. The van der Waals surface area contributed by atoms with E-state index < -0.39 is 34.4 Å². The fourth-order valence-corrected chi connectivity index (χ4v) is 4.98. The molecule has 1 aromatic heterocycles. The van der Waals surface area contributed by atoms with Gasteiger partial charge in [0.1, 0.15) is 18.8 Å². The minimum absolute atomic E-state index is 0.0698. The molecule has 2 N–H and O–H groups in total. The molecule has 0 bridgehead atoms. The summed E-state index contributed by atoms with van der Waals surface area (Å²) in [5.74, 6) is -3.19. The van der Waals surface area contributed by atoms with Crippen LogP contribution in [0.5, 0.6) is 0 Å². The minimum Gasteiger partial charge on any atom is -0.872 e. The number of nitrogens with one attached hydrogen (secondary N) is 2. The summed E-state index contributed by atoms with van der Waals surface area (Å²) in [4.78, 5) is 54.9. The zero-order valence-corrected chi connectivity index (χ0v) is 20.8. The number of ether oxygens (including phenoxy) is 2. The number of aryl methyl sites for hydroxylation is 1. The summed E-state index contributed by atoms with van der Waals surface area (Å²) in [6.45, 7) is 6.47. The minimum atomic E-state index is -1.11. The molecule has 196 valence electrons. The fourth-order valence-electron chi connectivity index (χ4n) is 4.98. The Morgan fingerprint density at radius 1 is 1.27 bits per heavy atom. The maximum atomic E-state index is 13.9.